The molecule has 1 aromatic rings. The van der Waals surface area contributed by atoms with Crippen molar-refractivity contribution in [2.45, 2.75) is 52.7 Å². The summed E-state index contributed by atoms with van der Waals surface area (Å²) in [4.78, 5) is 38.4. The molecule has 0 radical (unpaired) electrons. The van der Waals surface area contributed by atoms with Gasteiger partial charge in [0.05, 0.1) is 12.6 Å². The molecule has 0 bridgehead atoms. The lowest BCUT2D eigenvalue weighted by Gasteiger charge is -2.23. The van der Waals surface area contributed by atoms with E-state index in [4.69, 9.17) is 14.2 Å². The fourth-order valence-electron chi connectivity index (χ4n) is 2.52. The summed E-state index contributed by atoms with van der Waals surface area (Å²) < 4.78 is 18.5. The summed E-state index contributed by atoms with van der Waals surface area (Å²) in [7, 11) is 1.71. The highest BCUT2D eigenvalue weighted by atomic mass is 16.6. The summed E-state index contributed by atoms with van der Waals surface area (Å²) >= 11 is 0. The van der Waals surface area contributed by atoms with E-state index in [2.05, 4.69) is 0 Å². The molecule has 29 heavy (non-hydrogen) atoms. The minimum atomic E-state index is -1.00. The van der Waals surface area contributed by atoms with Crippen LogP contribution in [0.3, 0.4) is 0 Å². The van der Waals surface area contributed by atoms with E-state index >= 15 is 0 Å². The number of ether oxygens (including phenoxy) is 3. The topological polar surface area (TPSA) is 111 Å². The van der Waals surface area contributed by atoms with Gasteiger partial charge in [0, 0.05) is 0 Å². The number of hydrogen-bond acceptors (Lipinski definition) is 7. The van der Waals surface area contributed by atoms with Gasteiger partial charge >= 0.3 is 17.9 Å². The van der Waals surface area contributed by atoms with Gasteiger partial charge < -0.3 is 19.3 Å². The van der Waals surface area contributed by atoms with Crippen LogP contribution in [0.2, 0.25) is 0 Å². The van der Waals surface area contributed by atoms with Gasteiger partial charge in [-0.1, -0.05) is 5.76 Å². The Bertz CT molecular complexity index is 908. The summed E-state index contributed by atoms with van der Waals surface area (Å²) in [5.74, 6) is -3.60. The van der Waals surface area contributed by atoms with Crippen molar-refractivity contribution in [2.75, 3.05) is 6.61 Å². The fourth-order valence-corrected chi connectivity index (χ4v) is 2.52. The lowest BCUT2D eigenvalue weighted by atomic mass is 10.0. The van der Waals surface area contributed by atoms with Crippen molar-refractivity contribution in [3.63, 3.8) is 0 Å². The molecule has 0 aliphatic carbocycles. The standard InChI is InChI=1S/C20H26N2O7/c1-19(2,3)28-17(25)14(13-12(23)10-27-16(13)24)15(18(26)29-20(4,5)6)22-9-8-21(7)11-22/h8-9,11H,10H2,1-7H3. The second-order valence-corrected chi connectivity index (χ2v) is 8.59. The Labute approximate surface area is 169 Å². The second-order valence-electron chi connectivity index (χ2n) is 8.59. The summed E-state index contributed by atoms with van der Waals surface area (Å²) in [6.45, 7) is 9.36. The summed E-state index contributed by atoms with van der Waals surface area (Å²) in [6.07, 6.45) is 4.61. The molecule has 9 nitrogen and oxygen atoms in total. The molecule has 1 aliphatic heterocycles. The quantitative estimate of drug-likeness (QED) is 0.308. The molecule has 0 atom stereocenters. The molecule has 2 heterocycles. The molecule has 0 N–H and O–H groups in total. The smallest absolute Gasteiger partial charge is 0.380 e. The van der Waals surface area contributed by atoms with Gasteiger partial charge in [-0.2, -0.15) is 4.57 Å². The number of rotatable bonds is 4. The largest absolute Gasteiger partial charge is 0.873 e. The van der Waals surface area contributed by atoms with Crippen molar-refractivity contribution in [1.82, 2.24) is 4.57 Å². The van der Waals surface area contributed by atoms with Crippen LogP contribution in [0.1, 0.15) is 41.5 Å². The van der Waals surface area contributed by atoms with Crippen LogP contribution >= 0.6 is 0 Å². The zero-order valence-corrected chi connectivity index (χ0v) is 17.7. The summed E-state index contributed by atoms with van der Waals surface area (Å²) in [5, 5.41) is 12.4. The number of hydrogen-bond donors (Lipinski definition) is 0. The van der Waals surface area contributed by atoms with Crippen molar-refractivity contribution in [1.29, 1.82) is 0 Å². The number of imidazole rings is 1. The molecule has 2 rings (SSSR count). The zero-order valence-electron chi connectivity index (χ0n) is 17.7. The fraction of sp³-hybridized carbons (Fsp3) is 0.500. The predicted molar refractivity (Wildman–Crippen MR) is 98.5 cm³/mol. The maximum absolute atomic E-state index is 13.1. The van der Waals surface area contributed by atoms with Crippen molar-refractivity contribution in [3.8, 4) is 0 Å². The molecule has 0 fully saturated rings. The van der Waals surface area contributed by atoms with E-state index in [0.717, 1.165) is 0 Å². The molecule has 1 aliphatic rings. The van der Waals surface area contributed by atoms with Crippen molar-refractivity contribution in [3.05, 3.63) is 35.6 Å². The van der Waals surface area contributed by atoms with Gasteiger partial charge in [0.25, 0.3) is 0 Å². The highest BCUT2D eigenvalue weighted by molar-refractivity contribution is 6.23. The SMILES string of the molecule is C[n+]1ccn(/C(C(=O)OC(C)(C)C)=C(/C(=O)OC(C)(C)C)C2=C([O-])COC2=O)c1. The highest BCUT2D eigenvalue weighted by Gasteiger charge is 2.39. The molecule has 0 unspecified atom stereocenters. The average Bonchev–Trinajstić information content (AvgIpc) is 3.07. The minimum Gasteiger partial charge on any atom is -0.873 e. The van der Waals surface area contributed by atoms with E-state index in [0.29, 0.717) is 0 Å². The Morgan fingerprint density at radius 2 is 1.66 bits per heavy atom. The van der Waals surface area contributed by atoms with E-state index in [1.165, 1.54) is 17.1 Å². The van der Waals surface area contributed by atoms with Gasteiger partial charge in [-0.25, -0.2) is 19.0 Å². The molecule has 0 aromatic carbocycles. The van der Waals surface area contributed by atoms with Crippen LogP contribution in [0.5, 0.6) is 0 Å². The van der Waals surface area contributed by atoms with Crippen LogP contribution in [0.4, 0.5) is 0 Å². The Hall–Kier alpha value is -3.10. The van der Waals surface area contributed by atoms with Gasteiger partial charge in [-0.3, -0.25) is 0 Å². The lowest BCUT2D eigenvalue weighted by Crippen LogP contribution is -2.32. The Morgan fingerprint density at radius 1 is 1.10 bits per heavy atom. The number of carbonyl (C=O) groups excluding carboxylic acids is 3. The molecule has 0 saturated carbocycles. The molecular formula is C20H26N2O7. The molecule has 158 valence electrons. The van der Waals surface area contributed by atoms with Crippen LogP contribution in [0, 0.1) is 0 Å². The van der Waals surface area contributed by atoms with Gasteiger partial charge in [0.2, 0.25) is 12.0 Å². The highest BCUT2D eigenvalue weighted by Crippen LogP contribution is 2.29. The Morgan fingerprint density at radius 3 is 2.07 bits per heavy atom. The van der Waals surface area contributed by atoms with Crippen molar-refractivity contribution in [2.24, 2.45) is 7.05 Å². The number of nitrogens with zero attached hydrogens (tertiary/aromatic N) is 2. The van der Waals surface area contributed by atoms with Gasteiger partial charge in [-0.15, -0.1) is 0 Å². The van der Waals surface area contributed by atoms with Gasteiger partial charge in [-0.05, 0) is 41.5 Å². The number of carbonyl (C=O) groups is 3. The number of aryl methyl sites for hydroxylation is 1. The first-order valence-electron chi connectivity index (χ1n) is 9.02. The number of cyclic esters (lactones) is 1. The normalized spacial score (nSPS) is 15.8. The number of aromatic nitrogens is 2. The first-order valence-corrected chi connectivity index (χ1v) is 9.02. The van der Waals surface area contributed by atoms with Crippen molar-refractivity contribution >= 4 is 23.6 Å². The number of esters is 3. The van der Waals surface area contributed by atoms with Crippen LogP contribution in [-0.4, -0.2) is 40.3 Å². The third kappa shape index (κ3) is 5.46. The molecule has 0 saturated heterocycles. The summed E-state index contributed by atoms with van der Waals surface area (Å²) in [6, 6.07) is 0. The van der Waals surface area contributed by atoms with E-state index in [1.807, 2.05) is 0 Å². The maximum atomic E-state index is 13.1. The first-order chi connectivity index (χ1) is 13.2. The Balaban J connectivity index is 2.81. The van der Waals surface area contributed by atoms with Crippen molar-refractivity contribution < 1.29 is 38.3 Å². The van der Waals surface area contributed by atoms with Crippen LogP contribution in [-0.2, 0) is 35.6 Å². The van der Waals surface area contributed by atoms with E-state index in [9.17, 15) is 19.5 Å². The van der Waals surface area contributed by atoms with Gasteiger partial charge in [0.1, 0.15) is 35.8 Å². The van der Waals surface area contributed by atoms with E-state index in [-0.39, 0.29) is 5.70 Å². The molecule has 1 aromatic heterocycles. The molecule has 9 heteroatoms. The summed E-state index contributed by atoms with van der Waals surface area (Å²) in [5.41, 5.74) is -3.15. The minimum absolute atomic E-state index is 0.308. The first kappa shape index (κ1) is 22.2. The van der Waals surface area contributed by atoms with E-state index in [1.54, 1.807) is 59.4 Å². The van der Waals surface area contributed by atoms with Gasteiger partial charge in [0.15, 0.2) is 0 Å². The molecular weight excluding hydrogens is 380 g/mol. The van der Waals surface area contributed by atoms with E-state index < -0.39 is 52.6 Å². The van der Waals surface area contributed by atoms with Crippen LogP contribution in [0.15, 0.2) is 35.6 Å². The molecule has 0 amide bonds. The average molecular weight is 406 g/mol. The van der Waals surface area contributed by atoms with Crippen LogP contribution < -0.4 is 9.67 Å². The lowest BCUT2D eigenvalue weighted by molar-refractivity contribution is -0.670. The Kier molecular flexibility index (Phi) is 5.91. The predicted octanol–water partition coefficient (Wildman–Crippen LogP) is 0.378. The third-order valence-corrected chi connectivity index (χ3v) is 3.53. The molecule has 0 spiro atoms. The second kappa shape index (κ2) is 7.73. The van der Waals surface area contributed by atoms with Crippen LogP contribution in [0.25, 0.3) is 5.70 Å². The third-order valence-electron chi connectivity index (χ3n) is 3.53. The zero-order chi connectivity index (χ0) is 22.1. The monoisotopic (exact) mass is 406 g/mol. The maximum Gasteiger partial charge on any atom is 0.380 e.